The van der Waals surface area contributed by atoms with Gasteiger partial charge in [0.2, 0.25) is 0 Å². The Labute approximate surface area is 84.7 Å². The molecule has 0 N–H and O–H groups in total. The van der Waals surface area contributed by atoms with E-state index in [0.717, 1.165) is 13.0 Å². The van der Waals surface area contributed by atoms with Gasteiger partial charge in [-0.15, -0.1) is 0 Å². The van der Waals surface area contributed by atoms with E-state index in [4.69, 9.17) is 4.74 Å². The van der Waals surface area contributed by atoms with Gasteiger partial charge < -0.3 is 4.74 Å². The van der Waals surface area contributed by atoms with Gasteiger partial charge >= 0.3 is 6.18 Å². The van der Waals surface area contributed by atoms with E-state index in [-0.39, 0.29) is 5.75 Å². The second-order valence-electron chi connectivity index (χ2n) is 3.21. The van der Waals surface area contributed by atoms with E-state index in [1.54, 1.807) is 0 Å². The Bertz CT molecular complexity index is 321. The topological polar surface area (TPSA) is 9.23 Å². The van der Waals surface area contributed by atoms with Gasteiger partial charge in [-0.2, -0.15) is 13.2 Å². The number of hydrogen-bond acceptors (Lipinski definition) is 1. The average molecular weight is 222 g/mol. The maximum atomic E-state index is 12.6. The highest BCUT2D eigenvalue weighted by Crippen LogP contribution is 2.26. The van der Waals surface area contributed by atoms with Gasteiger partial charge in [0.05, 0.1) is 12.5 Å². The number of hydrogen-bond donors (Lipinski definition) is 0. The molecular weight excluding hydrogens is 212 g/mol. The van der Waals surface area contributed by atoms with Crippen LogP contribution in [-0.2, 0) is 0 Å². The predicted molar refractivity (Wildman–Crippen MR) is 47.1 cm³/mol. The molecule has 1 atom stereocenters. The van der Waals surface area contributed by atoms with Gasteiger partial charge in [-0.1, -0.05) is 13.0 Å². The van der Waals surface area contributed by atoms with Crippen LogP contribution in [0.15, 0.2) is 24.3 Å². The van der Waals surface area contributed by atoms with Crippen molar-refractivity contribution in [3.63, 3.8) is 0 Å². The van der Waals surface area contributed by atoms with Crippen molar-refractivity contribution in [3.8, 4) is 5.75 Å². The highest BCUT2D eigenvalue weighted by atomic mass is 19.4. The van der Waals surface area contributed by atoms with E-state index in [1.165, 1.54) is 18.2 Å². The molecule has 1 rings (SSSR count). The van der Waals surface area contributed by atoms with Gasteiger partial charge in [0.15, 0.2) is 0 Å². The van der Waals surface area contributed by atoms with E-state index in [1.807, 2.05) is 0 Å². The van der Waals surface area contributed by atoms with E-state index in [9.17, 15) is 17.6 Å². The third-order valence-corrected chi connectivity index (χ3v) is 1.85. The van der Waals surface area contributed by atoms with Crippen molar-refractivity contribution in [2.45, 2.75) is 13.1 Å². The molecule has 15 heavy (non-hydrogen) atoms. The van der Waals surface area contributed by atoms with Crippen molar-refractivity contribution in [1.82, 2.24) is 0 Å². The number of halogens is 4. The van der Waals surface area contributed by atoms with Gasteiger partial charge in [0.25, 0.3) is 0 Å². The molecule has 0 heterocycles. The molecule has 0 amide bonds. The minimum Gasteiger partial charge on any atom is -0.493 e. The van der Waals surface area contributed by atoms with Crippen LogP contribution in [0.1, 0.15) is 6.92 Å². The minimum atomic E-state index is -4.28. The highest BCUT2D eigenvalue weighted by Gasteiger charge is 2.36. The summed E-state index contributed by atoms with van der Waals surface area (Å²) in [6.45, 7) is 0.506. The van der Waals surface area contributed by atoms with Gasteiger partial charge in [-0.05, 0) is 12.1 Å². The summed E-state index contributed by atoms with van der Waals surface area (Å²) in [5.74, 6) is -2.00. The lowest BCUT2D eigenvalue weighted by molar-refractivity contribution is -0.176. The molecule has 0 aliphatic heterocycles. The zero-order chi connectivity index (χ0) is 11.5. The molecule has 0 aromatic heterocycles. The van der Waals surface area contributed by atoms with Crippen molar-refractivity contribution in [3.05, 3.63) is 30.1 Å². The third-order valence-electron chi connectivity index (χ3n) is 1.85. The molecule has 0 aliphatic rings. The Morgan fingerprint density at radius 1 is 1.33 bits per heavy atom. The molecule has 0 radical (unpaired) electrons. The first-order valence-electron chi connectivity index (χ1n) is 4.34. The summed E-state index contributed by atoms with van der Waals surface area (Å²) in [6.07, 6.45) is -4.28. The largest absolute Gasteiger partial charge is 0.493 e. The van der Waals surface area contributed by atoms with Crippen molar-refractivity contribution in [2.75, 3.05) is 6.61 Å². The van der Waals surface area contributed by atoms with Crippen LogP contribution in [0.5, 0.6) is 5.75 Å². The number of rotatable bonds is 3. The zero-order valence-electron chi connectivity index (χ0n) is 8.01. The quantitative estimate of drug-likeness (QED) is 0.712. The fourth-order valence-corrected chi connectivity index (χ4v) is 0.872. The average Bonchev–Trinajstić information content (AvgIpc) is 2.12. The van der Waals surface area contributed by atoms with Gasteiger partial charge in [-0.25, -0.2) is 4.39 Å². The Morgan fingerprint density at radius 2 is 2.00 bits per heavy atom. The van der Waals surface area contributed by atoms with E-state index < -0.39 is 24.5 Å². The number of benzene rings is 1. The standard InChI is InChI=1S/C10H10F4O/c1-7(10(12,13)14)6-15-9-4-2-3-8(11)5-9/h2-5,7H,6H2,1H3. The fraction of sp³-hybridized carbons (Fsp3) is 0.400. The van der Waals surface area contributed by atoms with E-state index in [0.29, 0.717) is 0 Å². The van der Waals surface area contributed by atoms with Crippen LogP contribution >= 0.6 is 0 Å². The Hall–Kier alpha value is -1.26. The maximum Gasteiger partial charge on any atom is 0.394 e. The predicted octanol–water partition coefficient (Wildman–Crippen LogP) is 3.40. The van der Waals surface area contributed by atoms with Gasteiger partial charge in [0.1, 0.15) is 11.6 Å². The van der Waals surface area contributed by atoms with Crippen molar-refractivity contribution in [2.24, 2.45) is 5.92 Å². The first kappa shape index (κ1) is 11.8. The Kier molecular flexibility index (Phi) is 3.55. The summed E-state index contributed by atoms with van der Waals surface area (Å²) in [7, 11) is 0. The van der Waals surface area contributed by atoms with Crippen molar-refractivity contribution >= 4 is 0 Å². The highest BCUT2D eigenvalue weighted by molar-refractivity contribution is 5.22. The van der Waals surface area contributed by atoms with Crippen LogP contribution in [0.25, 0.3) is 0 Å². The lowest BCUT2D eigenvalue weighted by atomic mass is 10.2. The number of ether oxygens (including phenoxy) is 1. The molecule has 1 nitrogen and oxygen atoms in total. The second kappa shape index (κ2) is 4.51. The summed E-state index contributed by atoms with van der Waals surface area (Å²) in [4.78, 5) is 0. The molecule has 84 valence electrons. The molecule has 0 saturated heterocycles. The summed E-state index contributed by atoms with van der Waals surface area (Å²) < 4.78 is 53.7. The van der Waals surface area contributed by atoms with Crippen LogP contribution in [0.4, 0.5) is 17.6 Å². The van der Waals surface area contributed by atoms with Crippen LogP contribution in [0, 0.1) is 11.7 Å². The minimum absolute atomic E-state index is 0.103. The van der Waals surface area contributed by atoms with E-state index in [2.05, 4.69) is 0 Å². The lowest BCUT2D eigenvalue weighted by Crippen LogP contribution is -2.25. The molecule has 0 bridgehead atoms. The monoisotopic (exact) mass is 222 g/mol. The van der Waals surface area contributed by atoms with Crippen LogP contribution < -0.4 is 4.74 Å². The van der Waals surface area contributed by atoms with Gasteiger partial charge in [-0.3, -0.25) is 0 Å². The summed E-state index contributed by atoms with van der Waals surface area (Å²) in [6, 6.07) is 5.03. The molecular formula is C10H10F4O. The zero-order valence-corrected chi connectivity index (χ0v) is 8.01. The Morgan fingerprint density at radius 3 is 2.53 bits per heavy atom. The molecule has 0 fully saturated rings. The van der Waals surface area contributed by atoms with E-state index >= 15 is 0 Å². The molecule has 0 spiro atoms. The summed E-state index contributed by atoms with van der Waals surface area (Å²) >= 11 is 0. The molecule has 5 heteroatoms. The first-order chi connectivity index (χ1) is 6.89. The van der Waals surface area contributed by atoms with Crippen LogP contribution in [0.2, 0.25) is 0 Å². The van der Waals surface area contributed by atoms with Crippen LogP contribution in [-0.4, -0.2) is 12.8 Å². The molecule has 0 saturated carbocycles. The number of alkyl halides is 3. The van der Waals surface area contributed by atoms with Crippen LogP contribution in [0.3, 0.4) is 0 Å². The second-order valence-corrected chi connectivity index (χ2v) is 3.21. The first-order valence-corrected chi connectivity index (χ1v) is 4.34. The SMILES string of the molecule is CC(COc1cccc(F)c1)C(F)(F)F. The summed E-state index contributed by atoms with van der Waals surface area (Å²) in [5.41, 5.74) is 0. The molecule has 0 aliphatic carbocycles. The summed E-state index contributed by atoms with van der Waals surface area (Å²) in [5, 5.41) is 0. The lowest BCUT2D eigenvalue weighted by Gasteiger charge is -2.16. The van der Waals surface area contributed by atoms with Crippen molar-refractivity contribution in [1.29, 1.82) is 0 Å². The third kappa shape index (κ3) is 3.77. The van der Waals surface area contributed by atoms with Crippen molar-refractivity contribution < 1.29 is 22.3 Å². The Balaban J connectivity index is 2.51. The smallest absolute Gasteiger partial charge is 0.394 e. The molecule has 1 unspecified atom stereocenters. The van der Waals surface area contributed by atoms with Gasteiger partial charge in [0, 0.05) is 6.07 Å². The molecule has 1 aromatic rings. The fourth-order valence-electron chi connectivity index (χ4n) is 0.872. The normalized spacial score (nSPS) is 13.7. The maximum absolute atomic E-state index is 12.6. The molecule has 1 aromatic carbocycles.